The third-order valence-electron chi connectivity index (χ3n) is 17.6. The van der Waals surface area contributed by atoms with Crippen molar-refractivity contribution >= 4 is 0 Å². The fourth-order valence-electron chi connectivity index (χ4n) is 13.0. The minimum absolute atomic E-state index is 0.747. The van der Waals surface area contributed by atoms with Crippen molar-refractivity contribution in [1.29, 1.82) is 0 Å². The third kappa shape index (κ3) is 11.9. The summed E-state index contributed by atoms with van der Waals surface area (Å²) in [5, 5.41) is 0. The van der Waals surface area contributed by atoms with Crippen LogP contribution in [0.1, 0.15) is 0 Å². The van der Waals surface area contributed by atoms with Gasteiger partial charge in [-0.05, 0) is 231 Å². The maximum Gasteiger partial charge on any atom is 0.118 e. The lowest BCUT2D eigenvalue weighted by atomic mass is 9.73. The minimum atomic E-state index is 0.747. The molecule has 0 unspecified atom stereocenters. The van der Waals surface area contributed by atoms with Gasteiger partial charge >= 0.3 is 0 Å². The number of hydrogen-bond acceptors (Lipinski definition) is 8. The largest absolute Gasteiger partial charge is 0.497 e. The van der Waals surface area contributed by atoms with E-state index in [-0.39, 0.29) is 0 Å². The zero-order chi connectivity index (χ0) is 64.7. The third-order valence-corrected chi connectivity index (χ3v) is 17.6. The molecule has 8 heteroatoms. The molecule has 462 valence electrons. The van der Waals surface area contributed by atoms with Gasteiger partial charge in [0, 0.05) is 0 Å². The monoisotopic (exact) mass is 1230 g/mol. The molecule has 0 radical (unpaired) electrons. The zero-order valence-corrected chi connectivity index (χ0v) is 53.8. The van der Waals surface area contributed by atoms with Gasteiger partial charge in [0.2, 0.25) is 0 Å². The number of ether oxygens (including phenoxy) is 8. The van der Waals surface area contributed by atoms with E-state index in [1.54, 1.807) is 56.9 Å². The molecular formula is C86H70O8. The summed E-state index contributed by atoms with van der Waals surface area (Å²) in [4.78, 5) is 0. The Morgan fingerprint density at radius 3 is 0.319 bits per heavy atom. The first-order chi connectivity index (χ1) is 46.3. The number of rotatable bonds is 20. The summed E-state index contributed by atoms with van der Waals surface area (Å²) in [5.74, 6) is 6.01. The van der Waals surface area contributed by atoms with Crippen molar-refractivity contribution in [2.24, 2.45) is 0 Å². The highest BCUT2D eigenvalue weighted by atomic mass is 16.5. The molecule has 13 aromatic rings. The van der Waals surface area contributed by atoms with Crippen LogP contribution in [0.5, 0.6) is 46.0 Å². The summed E-state index contributed by atoms with van der Waals surface area (Å²) in [5.41, 5.74) is 24.5. The predicted octanol–water partition coefficient (Wildman–Crippen LogP) is 21.8. The second-order valence-electron chi connectivity index (χ2n) is 22.6. The van der Waals surface area contributed by atoms with E-state index in [1.165, 1.54) is 0 Å². The molecule has 0 N–H and O–H groups in total. The molecule has 0 spiro atoms. The minimum Gasteiger partial charge on any atom is -0.497 e. The second-order valence-corrected chi connectivity index (χ2v) is 22.6. The highest BCUT2D eigenvalue weighted by Gasteiger charge is 2.32. The van der Waals surface area contributed by atoms with E-state index in [0.29, 0.717) is 0 Å². The molecule has 13 rings (SSSR count). The van der Waals surface area contributed by atoms with Crippen molar-refractivity contribution in [3.05, 3.63) is 279 Å². The topological polar surface area (TPSA) is 73.8 Å². The van der Waals surface area contributed by atoms with E-state index in [2.05, 4.69) is 206 Å². The van der Waals surface area contributed by atoms with Crippen LogP contribution in [-0.4, -0.2) is 56.9 Å². The lowest BCUT2D eigenvalue weighted by Gasteiger charge is -2.30. The summed E-state index contributed by atoms with van der Waals surface area (Å²) < 4.78 is 46.9. The SMILES string of the molecule is COc1ccc(-c2c(-c3ccccc3)c(-c3ccc(-c4c(-c5ccccc5)c(-c5ccc(OC)cc5)c(-c5ccc(OC)cc5)c(-c5ccc(OC)cc5)c4-c4ccc(OC)cc4)cc3)c(-c3ccc(OC)cc3)c(-c3ccc(OC)cc3)c2-c2ccc(OC)cc2)cc1. The van der Waals surface area contributed by atoms with Gasteiger partial charge in [0.05, 0.1) is 56.9 Å². The molecule has 0 heterocycles. The van der Waals surface area contributed by atoms with Gasteiger partial charge in [-0.1, -0.05) is 182 Å². The first kappa shape index (κ1) is 61.1. The molecule has 94 heavy (non-hydrogen) atoms. The molecule has 0 aliphatic heterocycles. The standard InChI is InChI=1S/C86H70O8/c1-87-67-39-23-59(24-40-67)79-75(55-15-11-9-12-16-55)77(81(61-27-43-69(89-3)44-28-61)85(65-35-51-73(93-7)52-36-65)83(79)63-31-47-71(91-5)48-32-63)57-19-21-58(22-20-57)78-76(56-17-13-10-14-18-56)80(60-25-41-68(88-2)42-26-60)84(64-33-49-72(92-6)50-34-64)86(66-37-53-74(94-8)54-38-66)82(78)62-29-45-70(90-4)46-30-62/h9-54H,1-8H3. The number of benzene rings is 13. The van der Waals surface area contributed by atoms with E-state index in [1.807, 2.05) is 72.8 Å². The molecule has 0 atom stereocenters. The van der Waals surface area contributed by atoms with E-state index >= 15 is 0 Å². The van der Waals surface area contributed by atoms with E-state index < -0.39 is 0 Å². The highest BCUT2D eigenvalue weighted by molar-refractivity contribution is 6.17. The summed E-state index contributed by atoms with van der Waals surface area (Å²) >= 11 is 0. The quantitative estimate of drug-likeness (QED) is 0.0747. The van der Waals surface area contributed by atoms with Crippen LogP contribution in [0, 0.1) is 0 Å². The predicted molar refractivity (Wildman–Crippen MR) is 384 cm³/mol. The highest BCUT2D eigenvalue weighted by Crippen LogP contribution is 2.59. The first-order valence-electron chi connectivity index (χ1n) is 31.1. The molecule has 0 saturated carbocycles. The molecule has 0 aromatic heterocycles. The molecule has 0 amide bonds. The molecule has 8 nitrogen and oxygen atoms in total. The second kappa shape index (κ2) is 27.4. The first-order valence-corrected chi connectivity index (χ1v) is 31.1. The van der Waals surface area contributed by atoms with Crippen LogP contribution in [0.15, 0.2) is 279 Å². The molecule has 0 aliphatic rings. The van der Waals surface area contributed by atoms with Gasteiger partial charge in [0.1, 0.15) is 46.0 Å². The van der Waals surface area contributed by atoms with E-state index in [4.69, 9.17) is 37.9 Å². The zero-order valence-electron chi connectivity index (χ0n) is 53.8. The van der Waals surface area contributed by atoms with Gasteiger partial charge in [-0.3, -0.25) is 0 Å². The van der Waals surface area contributed by atoms with Gasteiger partial charge in [-0.25, -0.2) is 0 Å². The van der Waals surface area contributed by atoms with Crippen LogP contribution in [0.4, 0.5) is 0 Å². The fraction of sp³-hybridized carbons (Fsp3) is 0.0930. The van der Waals surface area contributed by atoms with Crippen LogP contribution in [0.2, 0.25) is 0 Å². The number of methoxy groups -OCH3 is 8. The maximum atomic E-state index is 5.89. The smallest absolute Gasteiger partial charge is 0.118 e. The van der Waals surface area contributed by atoms with Crippen LogP contribution in [0.25, 0.3) is 134 Å². The summed E-state index contributed by atoms with van der Waals surface area (Å²) in [6.45, 7) is 0. The van der Waals surface area contributed by atoms with Crippen molar-refractivity contribution in [3.8, 4) is 180 Å². The van der Waals surface area contributed by atoms with Crippen molar-refractivity contribution in [2.45, 2.75) is 0 Å². The molecule has 0 bridgehead atoms. The van der Waals surface area contributed by atoms with Crippen LogP contribution in [-0.2, 0) is 0 Å². The van der Waals surface area contributed by atoms with Gasteiger partial charge < -0.3 is 37.9 Å². The Kier molecular flexibility index (Phi) is 17.8. The van der Waals surface area contributed by atoms with Crippen LogP contribution in [0.3, 0.4) is 0 Å². The van der Waals surface area contributed by atoms with E-state index in [0.717, 1.165) is 180 Å². The van der Waals surface area contributed by atoms with Crippen LogP contribution >= 0.6 is 0 Å². The normalized spacial score (nSPS) is 11.0. The van der Waals surface area contributed by atoms with Crippen LogP contribution < -0.4 is 37.9 Å². The average Bonchev–Trinajstić information content (AvgIpc) is 0.722. The molecule has 0 saturated heterocycles. The lowest BCUT2D eigenvalue weighted by Crippen LogP contribution is -2.03. The summed E-state index contributed by atoms with van der Waals surface area (Å²) in [6, 6.07) is 98.3. The van der Waals surface area contributed by atoms with Crippen molar-refractivity contribution in [1.82, 2.24) is 0 Å². The van der Waals surface area contributed by atoms with Crippen molar-refractivity contribution < 1.29 is 37.9 Å². The lowest BCUT2D eigenvalue weighted by molar-refractivity contribution is 0.414. The van der Waals surface area contributed by atoms with Crippen molar-refractivity contribution in [3.63, 3.8) is 0 Å². The number of hydrogen-bond donors (Lipinski definition) is 0. The molecular weight excluding hydrogens is 1160 g/mol. The average molecular weight is 1230 g/mol. The molecule has 0 fully saturated rings. The fourth-order valence-corrected chi connectivity index (χ4v) is 13.0. The van der Waals surface area contributed by atoms with Gasteiger partial charge in [0.15, 0.2) is 0 Å². The molecule has 13 aromatic carbocycles. The Morgan fingerprint density at radius 1 is 0.117 bits per heavy atom. The molecule has 0 aliphatic carbocycles. The Hall–Kier alpha value is -11.7. The maximum absolute atomic E-state index is 5.89. The van der Waals surface area contributed by atoms with Gasteiger partial charge in [-0.2, -0.15) is 0 Å². The van der Waals surface area contributed by atoms with E-state index in [9.17, 15) is 0 Å². The van der Waals surface area contributed by atoms with Gasteiger partial charge in [0.25, 0.3) is 0 Å². The Balaban J connectivity index is 1.22. The Bertz CT molecular complexity index is 4430. The Morgan fingerprint density at radius 2 is 0.213 bits per heavy atom. The summed E-state index contributed by atoms with van der Waals surface area (Å²) in [6.07, 6.45) is 0. The van der Waals surface area contributed by atoms with Crippen molar-refractivity contribution in [2.75, 3.05) is 56.9 Å². The summed E-state index contributed by atoms with van der Waals surface area (Å²) in [7, 11) is 13.6. The van der Waals surface area contributed by atoms with Gasteiger partial charge in [-0.15, -0.1) is 0 Å². The Labute approximate surface area is 550 Å².